The predicted molar refractivity (Wildman–Crippen MR) is 187 cm³/mol. The van der Waals surface area contributed by atoms with Crippen LogP contribution >= 0.6 is 0 Å². The molecule has 0 spiro atoms. The number of carbonyl (C=O) groups excluding carboxylic acids is 1. The lowest BCUT2D eigenvalue weighted by Crippen LogP contribution is -2.07. The van der Waals surface area contributed by atoms with Gasteiger partial charge in [-0.05, 0) is 115 Å². The smallest absolute Gasteiger partial charge is 0.142 e. The van der Waals surface area contributed by atoms with Crippen molar-refractivity contribution in [2.75, 3.05) is 0 Å². The van der Waals surface area contributed by atoms with Gasteiger partial charge in [-0.2, -0.15) is 0 Å². The highest BCUT2D eigenvalue weighted by Gasteiger charge is 2.34. The van der Waals surface area contributed by atoms with E-state index in [1.54, 1.807) is 6.08 Å². The van der Waals surface area contributed by atoms with Crippen molar-refractivity contribution >= 4 is 29.1 Å². The monoisotopic (exact) mass is 586 g/mol. The zero-order valence-electron chi connectivity index (χ0n) is 27.8. The minimum atomic E-state index is 0.826. The summed E-state index contributed by atoms with van der Waals surface area (Å²) in [6.07, 6.45) is 17.6. The van der Waals surface area contributed by atoms with Crippen molar-refractivity contribution in [3.05, 3.63) is 103 Å². The molecular weight excluding hydrogens is 540 g/mol. The molecule has 228 valence electrons. The molecule has 5 heteroatoms. The van der Waals surface area contributed by atoms with E-state index in [0.29, 0.717) is 0 Å². The average molecular weight is 587 g/mol. The molecule has 0 aromatic rings. The Bertz CT molecular complexity index is 1710. The summed E-state index contributed by atoms with van der Waals surface area (Å²) in [5, 5.41) is 0. The van der Waals surface area contributed by atoms with Crippen molar-refractivity contribution in [3.8, 4) is 0 Å². The molecule has 44 heavy (non-hydrogen) atoms. The van der Waals surface area contributed by atoms with Gasteiger partial charge in [0.25, 0.3) is 0 Å². The van der Waals surface area contributed by atoms with Gasteiger partial charge in [0.15, 0.2) is 0 Å². The number of allylic oxidation sites excluding steroid dienone is 14. The molecule has 5 heterocycles. The minimum Gasteiger partial charge on any atom is -0.299 e. The third-order valence-corrected chi connectivity index (χ3v) is 9.30. The molecule has 0 radical (unpaired) electrons. The highest BCUT2D eigenvalue weighted by Crippen LogP contribution is 2.43. The number of aliphatic imine (C=N–C) groups is 4. The molecule has 8 bridgehead atoms. The van der Waals surface area contributed by atoms with Crippen LogP contribution in [-0.2, 0) is 4.79 Å². The molecule has 5 aliphatic rings. The Morgan fingerprint density at radius 3 is 1.59 bits per heavy atom. The van der Waals surface area contributed by atoms with Gasteiger partial charge in [-0.25, -0.2) is 20.0 Å². The molecule has 5 rings (SSSR count). The number of rotatable bonds is 10. The van der Waals surface area contributed by atoms with Gasteiger partial charge < -0.3 is 0 Å². The highest BCUT2D eigenvalue weighted by molar-refractivity contribution is 6.23. The second-order valence-electron chi connectivity index (χ2n) is 11.4. The first-order valence-electron chi connectivity index (χ1n) is 16.7. The summed E-state index contributed by atoms with van der Waals surface area (Å²) in [5.41, 5.74) is 18.8. The topological polar surface area (TPSA) is 66.5 Å². The molecule has 0 fully saturated rings. The number of aldehydes is 1. The largest absolute Gasteiger partial charge is 0.299 e. The minimum absolute atomic E-state index is 0.826. The fraction of sp³-hybridized carbons (Fsp3) is 0.410. The van der Waals surface area contributed by atoms with Crippen LogP contribution in [0.4, 0.5) is 0 Å². The van der Waals surface area contributed by atoms with E-state index in [9.17, 15) is 4.79 Å². The van der Waals surface area contributed by atoms with Gasteiger partial charge >= 0.3 is 0 Å². The van der Waals surface area contributed by atoms with E-state index in [2.05, 4.69) is 73.6 Å². The zero-order valence-corrected chi connectivity index (χ0v) is 27.8. The van der Waals surface area contributed by atoms with Crippen molar-refractivity contribution in [3.63, 3.8) is 0 Å². The van der Waals surface area contributed by atoms with Crippen molar-refractivity contribution in [2.45, 2.75) is 107 Å². The molecule has 0 aliphatic carbocycles. The Hall–Kier alpha value is -3.99. The van der Waals surface area contributed by atoms with Crippen molar-refractivity contribution < 1.29 is 4.79 Å². The number of hydrogen-bond acceptors (Lipinski definition) is 5. The number of hydrogen-bond donors (Lipinski definition) is 0. The second kappa shape index (κ2) is 13.3. The Balaban J connectivity index is 1.98. The summed E-state index contributed by atoms with van der Waals surface area (Å²) in [7, 11) is 0. The third-order valence-electron chi connectivity index (χ3n) is 9.30. The quantitative estimate of drug-likeness (QED) is 0.186. The predicted octanol–water partition coefficient (Wildman–Crippen LogP) is 9.95. The van der Waals surface area contributed by atoms with Gasteiger partial charge in [0.2, 0.25) is 0 Å². The second-order valence-corrected chi connectivity index (χ2v) is 11.4. The summed E-state index contributed by atoms with van der Waals surface area (Å²) >= 11 is 0. The Kier molecular flexibility index (Phi) is 9.53. The van der Waals surface area contributed by atoms with Crippen LogP contribution in [0.2, 0.25) is 0 Å². The lowest BCUT2D eigenvalue weighted by molar-refractivity contribution is -0.104. The molecule has 0 saturated carbocycles. The average Bonchev–Trinajstić information content (AvgIpc) is 3.81. The maximum atomic E-state index is 11.7. The highest BCUT2D eigenvalue weighted by atomic mass is 16.1. The third kappa shape index (κ3) is 5.10. The first-order valence-corrected chi connectivity index (χ1v) is 16.7. The molecule has 0 aromatic carbocycles. The van der Waals surface area contributed by atoms with E-state index < -0.39 is 0 Å². The Morgan fingerprint density at radius 2 is 1.02 bits per heavy atom. The van der Waals surface area contributed by atoms with Crippen molar-refractivity contribution in [1.82, 2.24) is 0 Å². The van der Waals surface area contributed by atoms with Crippen LogP contribution in [0.15, 0.2) is 123 Å². The SMILES string of the molecule is CCC1=C(CC)C2=C(C=CC=O)C3=NC(=C(CC)C4=NC(=C(CC)C5=NC(=CC1=N2)C=C5)C(CC)=C4CC)C(CC)=C3CC. The van der Waals surface area contributed by atoms with Crippen LogP contribution < -0.4 is 0 Å². The van der Waals surface area contributed by atoms with Crippen molar-refractivity contribution in [2.24, 2.45) is 20.0 Å². The molecule has 0 unspecified atom stereocenters. The standard InChI is InChI=1S/C39H46N4O/c1-9-24-25(10-2)38-32(18-17-21-44)39-29(14-6)28(13-5)37(43-39)31(16-8)36-27(12-4)26(11-3)35(42-36)30(15-7)33-20-19-23(40-33)22-34(24)41-38/h17-22H,9-16H2,1-8H3. The maximum absolute atomic E-state index is 11.7. The van der Waals surface area contributed by atoms with E-state index >= 15 is 0 Å². The van der Waals surface area contributed by atoms with E-state index in [1.807, 2.05) is 6.08 Å². The normalized spacial score (nSPS) is 20.1. The zero-order chi connectivity index (χ0) is 31.5. The summed E-state index contributed by atoms with van der Waals surface area (Å²) in [6.45, 7) is 17.7. The molecule has 5 nitrogen and oxygen atoms in total. The van der Waals surface area contributed by atoms with Gasteiger partial charge in [-0.15, -0.1) is 0 Å². The van der Waals surface area contributed by atoms with Crippen LogP contribution in [0.1, 0.15) is 107 Å². The van der Waals surface area contributed by atoms with E-state index in [4.69, 9.17) is 20.0 Å². The Morgan fingerprint density at radius 1 is 0.500 bits per heavy atom. The van der Waals surface area contributed by atoms with Crippen LogP contribution in [-0.4, -0.2) is 29.1 Å². The molecule has 0 amide bonds. The lowest BCUT2D eigenvalue weighted by Gasteiger charge is -2.14. The van der Waals surface area contributed by atoms with Crippen LogP contribution in [0.5, 0.6) is 0 Å². The lowest BCUT2D eigenvalue weighted by atomic mass is 9.88. The fourth-order valence-electron chi connectivity index (χ4n) is 7.32. The van der Waals surface area contributed by atoms with E-state index in [-0.39, 0.29) is 0 Å². The maximum Gasteiger partial charge on any atom is 0.142 e. The van der Waals surface area contributed by atoms with Gasteiger partial charge in [-0.3, -0.25) is 4.79 Å². The molecule has 0 atom stereocenters. The van der Waals surface area contributed by atoms with E-state index in [1.165, 1.54) is 44.6 Å². The number of carbonyl (C=O) groups is 1. The molecule has 5 aliphatic heterocycles. The summed E-state index contributed by atoms with van der Waals surface area (Å²) < 4.78 is 0. The van der Waals surface area contributed by atoms with E-state index in [0.717, 1.165) is 109 Å². The van der Waals surface area contributed by atoms with Gasteiger partial charge in [-0.1, -0.05) is 55.4 Å². The molecule has 0 saturated heterocycles. The Labute approximate surface area is 263 Å². The summed E-state index contributed by atoms with van der Waals surface area (Å²) in [6, 6.07) is 0. The van der Waals surface area contributed by atoms with Crippen LogP contribution in [0.25, 0.3) is 0 Å². The number of nitrogens with zero attached hydrogens (tertiary/aromatic N) is 4. The summed E-state index contributed by atoms with van der Waals surface area (Å²) in [4.78, 5) is 33.1. The molecular formula is C39H46N4O. The van der Waals surface area contributed by atoms with Crippen molar-refractivity contribution in [1.29, 1.82) is 0 Å². The number of fused-ring (bicyclic) bond motifs is 4. The molecule has 0 aromatic heterocycles. The first-order chi connectivity index (χ1) is 21.4. The fourth-order valence-corrected chi connectivity index (χ4v) is 7.32. The molecule has 0 N–H and O–H groups in total. The first kappa shape index (κ1) is 31.4. The van der Waals surface area contributed by atoms with Gasteiger partial charge in [0.1, 0.15) is 6.29 Å². The van der Waals surface area contributed by atoms with Gasteiger partial charge in [0, 0.05) is 16.7 Å². The summed E-state index contributed by atoms with van der Waals surface area (Å²) in [5.74, 6) is 0. The van der Waals surface area contributed by atoms with Crippen LogP contribution in [0.3, 0.4) is 0 Å². The van der Waals surface area contributed by atoms with Gasteiger partial charge in [0.05, 0.1) is 45.6 Å². The van der Waals surface area contributed by atoms with Crippen LogP contribution in [0, 0.1) is 0 Å².